The maximum Gasteiger partial charge on any atom is 0.405 e. The molecule has 0 fully saturated rings. The summed E-state index contributed by atoms with van der Waals surface area (Å²) in [5, 5.41) is 0. The number of ether oxygens (including phenoxy) is 3. The molecule has 1 atom stereocenters. The topological polar surface area (TPSA) is 70.8 Å². The highest BCUT2D eigenvalue weighted by Gasteiger charge is 2.38. The number of hydrogen-bond acceptors (Lipinski definition) is 4. The Morgan fingerprint density at radius 3 is 2.67 bits per heavy atom. The largest absolute Gasteiger partial charge is 0.491 e. The van der Waals surface area contributed by atoms with E-state index in [2.05, 4.69) is 32.0 Å². The second-order valence-corrected chi connectivity index (χ2v) is 7.59. The molecule has 5 nitrogen and oxygen atoms in total. The molecular weight excluding hydrogens is 342 g/mol. The van der Waals surface area contributed by atoms with E-state index in [9.17, 15) is 4.79 Å². The molecule has 1 aliphatic carbocycles. The zero-order chi connectivity index (χ0) is 19.4. The second kappa shape index (κ2) is 8.01. The van der Waals surface area contributed by atoms with E-state index >= 15 is 0 Å². The third kappa shape index (κ3) is 4.42. The minimum absolute atomic E-state index is 0.161. The van der Waals surface area contributed by atoms with E-state index in [0.29, 0.717) is 13.2 Å². The van der Waals surface area contributed by atoms with Crippen LogP contribution in [0.5, 0.6) is 5.75 Å². The van der Waals surface area contributed by atoms with Crippen molar-refractivity contribution in [2.45, 2.75) is 32.8 Å². The van der Waals surface area contributed by atoms with Gasteiger partial charge in [-0.1, -0.05) is 38.1 Å². The van der Waals surface area contributed by atoms with E-state index < -0.39 is 6.09 Å². The van der Waals surface area contributed by atoms with Crippen LogP contribution in [0.15, 0.2) is 42.5 Å². The number of carbonyl (C=O) groups excluding carboxylic acids is 1. The van der Waals surface area contributed by atoms with Crippen LogP contribution in [0.25, 0.3) is 11.1 Å². The first-order valence-corrected chi connectivity index (χ1v) is 9.22. The molecule has 2 N–H and O–H groups in total. The summed E-state index contributed by atoms with van der Waals surface area (Å²) in [6.45, 7) is 5.28. The number of amides is 1. The van der Waals surface area contributed by atoms with Crippen LogP contribution >= 0.6 is 0 Å². The summed E-state index contributed by atoms with van der Waals surface area (Å²) in [5.41, 5.74) is 9.53. The lowest BCUT2D eigenvalue weighted by Gasteiger charge is -2.39. The number of rotatable bonds is 6. The first-order valence-electron chi connectivity index (χ1n) is 9.22. The van der Waals surface area contributed by atoms with Crippen molar-refractivity contribution in [3.8, 4) is 16.9 Å². The fourth-order valence-corrected chi connectivity index (χ4v) is 3.60. The molecule has 1 aliphatic rings. The maximum atomic E-state index is 11.5. The Hall–Kier alpha value is -2.53. The van der Waals surface area contributed by atoms with Crippen LogP contribution in [0, 0.1) is 5.41 Å². The monoisotopic (exact) mass is 369 g/mol. The number of methoxy groups -OCH3 is 1. The van der Waals surface area contributed by atoms with Crippen molar-refractivity contribution in [2.24, 2.45) is 11.1 Å². The molecule has 0 spiro atoms. The predicted octanol–water partition coefficient (Wildman–Crippen LogP) is 4.49. The van der Waals surface area contributed by atoms with Crippen LogP contribution in [-0.2, 0) is 15.9 Å². The van der Waals surface area contributed by atoms with Crippen molar-refractivity contribution in [3.05, 3.63) is 53.6 Å². The second-order valence-electron chi connectivity index (χ2n) is 7.59. The molecule has 0 radical (unpaired) electrons. The molecule has 0 aliphatic heterocycles. The molecule has 2 aromatic rings. The highest BCUT2D eigenvalue weighted by Crippen LogP contribution is 2.46. The van der Waals surface area contributed by atoms with Gasteiger partial charge in [0, 0.05) is 12.5 Å². The SMILES string of the molecule is COCCOc1cccc(-c2ccc3c(c2)C(OC(N)=O)C(C)(C)CC3)c1. The lowest BCUT2D eigenvalue weighted by atomic mass is 9.71. The Balaban J connectivity index is 1.93. The predicted molar refractivity (Wildman–Crippen MR) is 105 cm³/mol. The number of carbonyl (C=O) groups is 1. The van der Waals surface area contributed by atoms with Gasteiger partial charge in [-0.25, -0.2) is 4.79 Å². The van der Waals surface area contributed by atoms with E-state index in [1.165, 1.54) is 5.56 Å². The van der Waals surface area contributed by atoms with Gasteiger partial charge >= 0.3 is 6.09 Å². The smallest absolute Gasteiger partial charge is 0.405 e. The van der Waals surface area contributed by atoms with Crippen LogP contribution < -0.4 is 10.5 Å². The Labute approximate surface area is 160 Å². The van der Waals surface area contributed by atoms with Gasteiger partial charge < -0.3 is 19.9 Å². The van der Waals surface area contributed by atoms with Gasteiger partial charge in [0.25, 0.3) is 0 Å². The lowest BCUT2D eigenvalue weighted by molar-refractivity contribution is 0.0147. The number of nitrogens with two attached hydrogens (primary N) is 1. The molecule has 0 bridgehead atoms. The van der Waals surface area contributed by atoms with Gasteiger partial charge in [0.15, 0.2) is 0 Å². The summed E-state index contributed by atoms with van der Waals surface area (Å²) >= 11 is 0. The Bertz CT molecular complexity index is 816. The van der Waals surface area contributed by atoms with Crippen LogP contribution in [-0.4, -0.2) is 26.4 Å². The van der Waals surface area contributed by atoms with E-state index in [1.54, 1.807) is 7.11 Å². The number of aryl methyl sites for hydroxylation is 1. The normalized spacial score (nSPS) is 17.8. The summed E-state index contributed by atoms with van der Waals surface area (Å²) in [6.07, 6.45) is 0.821. The highest BCUT2D eigenvalue weighted by atomic mass is 16.6. The first kappa shape index (κ1) is 19.2. The van der Waals surface area contributed by atoms with Crippen molar-refractivity contribution >= 4 is 6.09 Å². The van der Waals surface area contributed by atoms with E-state index in [-0.39, 0.29) is 11.5 Å². The fourth-order valence-electron chi connectivity index (χ4n) is 3.60. The quantitative estimate of drug-likeness (QED) is 0.762. The summed E-state index contributed by atoms with van der Waals surface area (Å²) in [5.74, 6) is 0.799. The minimum atomic E-state index is -0.736. The van der Waals surface area contributed by atoms with Gasteiger partial charge in [-0.05, 0) is 53.3 Å². The third-order valence-electron chi connectivity index (χ3n) is 5.13. The molecule has 1 amide bonds. The summed E-state index contributed by atoms with van der Waals surface area (Å²) in [6, 6.07) is 14.3. The number of primary amides is 1. The van der Waals surface area contributed by atoms with Crippen LogP contribution in [0.1, 0.15) is 37.5 Å². The van der Waals surface area contributed by atoms with Gasteiger partial charge in [-0.2, -0.15) is 0 Å². The zero-order valence-electron chi connectivity index (χ0n) is 16.2. The molecule has 2 aromatic carbocycles. The van der Waals surface area contributed by atoms with E-state index in [1.807, 2.05) is 24.3 Å². The van der Waals surface area contributed by atoms with Gasteiger partial charge in [0.05, 0.1) is 6.61 Å². The molecule has 0 saturated carbocycles. The molecule has 27 heavy (non-hydrogen) atoms. The van der Waals surface area contributed by atoms with Crippen LogP contribution in [0.2, 0.25) is 0 Å². The molecule has 1 unspecified atom stereocenters. The number of benzene rings is 2. The van der Waals surface area contributed by atoms with Gasteiger partial charge in [0.1, 0.15) is 18.5 Å². The highest BCUT2D eigenvalue weighted by molar-refractivity contribution is 5.68. The molecule has 0 aromatic heterocycles. The summed E-state index contributed by atoms with van der Waals surface area (Å²) in [4.78, 5) is 11.5. The first-order chi connectivity index (χ1) is 12.9. The maximum absolute atomic E-state index is 11.5. The van der Waals surface area contributed by atoms with Crippen LogP contribution in [0.3, 0.4) is 0 Å². The fraction of sp³-hybridized carbons (Fsp3) is 0.409. The zero-order valence-corrected chi connectivity index (χ0v) is 16.2. The molecule has 3 rings (SSSR count). The van der Waals surface area contributed by atoms with E-state index in [4.69, 9.17) is 19.9 Å². The number of fused-ring (bicyclic) bond motifs is 1. The van der Waals surface area contributed by atoms with Crippen molar-refractivity contribution in [2.75, 3.05) is 20.3 Å². The molecule has 5 heteroatoms. The molecule has 0 heterocycles. The van der Waals surface area contributed by atoms with Gasteiger partial charge in [-0.3, -0.25) is 0 Å². The van der Waals surface area contributed by atoms with E-state index in [0.717, 1.165) is 35.3 Å². The molecule has 0 saturated heterocycles. The van der Waals surface area contributed by atoms with Crippen molar-refractivity contribution in [1.82, 2.24) is 0 Å². The minimum Gasteiger partial charge on any atom is -0.491 e. The standard InChI is InChI=1S/C22H27NO4/c1-22(2)10-9-15-7-8-17(14-19(15)20(22)27-21(23)24)16-5-4-6-18(13-16)26-12-11-25-3/h4-8,13-14,20H,9-12H2,1-3H3,(H2,23,24). The Kier molecular flexibility index (Phi) is 5.71. The summed E-state index contributed by atoms with van der Waals surface area (Å²) in [7, 11) is 1.65. The Morgan fingerprint density at radius 2 is 1.93 bits per heavy atom. The molecular formula is C22H27NO4. The van der Waals surface area contributed by atoms with Crippen molar-refractivity contribution in [3.63, 3.8) is 0 Å². The molecule has 144 valence electrons. The Morgan fingerprint density at radius 1 is 1.15 bits per heavy atom. The van der Waals surface area contributed by atoms with Gasteiger partial charge in [-0.15, -0.1) is 0 Å². The number of hydrogen-bond donors (Lipinski definition) is 1. The van der Waals surface area contributed by atoms with Crippen molar-refractivity contribution in [1.29, 1.82) is 0 Å². The third-order valence-corrected chi connectivity index (χ3v) is 5.13. The average molecular weight is 369 g/mol. The van der Waals surface area contributed by atoms with Crippen molar-refractivity contribution < 1.29 is 19.0 Å². The average Bonchev–Trinajstić information content (AvgIpc) is 2.64. The van der Waals surface area contributed by atoms with Gasteiger partial charge in [0.2, 0.25) is 0 Å². The summed E-state index contributed by atoms with van der Waals surface area (Å²) < 4.78 is 16.3. The van der Waals surface area contributed by atoms with Crippen LogP contribution in [0.4, 0.5) is 4.79 Å². The lowest BCUT2D eigenvalue weighted by Crippen LogP contribution is -2.33.